The molecule has 1 aliphatic heterocycles. The first-order chi connectivity index (χ1) is 7.68. The molecule has 2 amide bonds. The molecule has 6 nitrogen and oxygen atoms in total. The lowest BCUT2D eigenvalue weighted by molar-refractivity contribution is -0.136. The molecule has 4 N–H and O–H groups in total. The minimum absolute atomic E-state index is 0.0432. The summed E-state index contributed by atoms with van der Waals surface area (Å²) in [5, 5.41) is 16.9. The molecule has 0 spiro atoms. The van der Waals surface area contributed by atoms with Crippen LogP contribution < -0.4 is 16.0 Å². The Labute approximate surface area is 94.8 Å². The van der Waals surface area contributed by atoms with Gasteiger partial charge in [-0.2, -0.15) is 0 Å². The van der Waals surface area contributed by atoms with Crippen LogP contribution in [0.15, 0.2) is 0 Å². The third-order valence-electron chi connectivity index (χ3n) is 2.57. The van der Waals surface area contributed by atoms with Crippen LogP contribution in [0.4, 0.5) is 4.79 Å². The van der Waals surface area contributed by atoms with Crippen LogP contribution in [0.25, 0.3) is 0 Å². The van der Waals surface area contributed by atoms with E-state index in [9.17, 15) is 9.59 Å². The number of carbonyl (C=O) groups excluding carboxylic acids is 1. The van der Waals surface area contributed by atoms with Crippen molar-refractivity contribution < 1.29 is 14.7 Å². The Morgan fingerprint density at radius 3 is 2.81 bits per heavy atom. The zero-order chi connectivity index (χ0) is 11.8. The Kier molecular flexibility index (Phi) is 5.63. The largest absolute Gasteiger partial charge is 0.481 e. The van der Waals surface area contributed by atoms with Crippen molar-refractivity contribution in [3.05, 3.63) is 0 Å². The van der Waals surface area contributed by atoms with E-state index < -0.39 is 5.97 Å². The molecule has 6 heteroatoms. The van der Waals surface area contributed by atoms with E-state index in [0.29, 0.717) is 12.5 Å². The quantitative estimate of drug-likeness (QED) is 0.523. The first-order valence-corrected chi connectivity index (χ1v) is 5.62. The standard InChI is InChI=1S/C10H19N3O3/c14-9(15)3-5-12-10(16)13-7-8-2-1-4-11-6-8/h8,11H,1-7H2,(H,14,15)(H2,12,13,16). The van der Waals surface area contributed by atoms with Crippen molar-refractivity contribution in [1.82, 2.24) is 16.0 Å². The van der Waals surface area contributed by atoms with Crippen molar-refractivity contribution in [3.63, 3.8) is 0 Å². The normalized spacial score (nSPS) is 20.1. The smallest absolute Gasteiger partial charge is 0.314 e. The lowest BCUT2D eigenvalue weighted by Crippen LogP contribution is -2.42. The maximum atomic E-state index is 11.2. The Balaban J connectivity index is 2.02. The van der Waals surface area contributed by atoms with Gasteiger partial charge in [-0.15, -0.1) is 0 Å². The summed E-state index contributed by atoms with van der Waals surface area (Å²) in [6.07, 6.45) is 2.23. The molecule has 0 bridgehead atoms. The lowest BCUT2D eigenvalue weighted by atomic mass is 10.00. The summed E-state index contributed by atoms with van der Waals surface area (Å²) < 4.78 is 0. The minimum atomic E-state index is -0.906. The van der Waals surface area contributed by atoms with Gasteiger partial charge >= 0.3 is 12.0 Å². The van der Waals surface area contributed by atoms with Crippen molar-refractivity contribution in [2.24, 2.45) is 5.92 Å². The summed E-state index contributed by atoms with van der Waals surface area (Å²) in [4.78, 5) is 21.4. The van der Waals surface area contributed by atoms with Gasteiger partial charge in [0.2, 0.25) is 0 Å². The van der Waals surface area contributed by atoms with E-state index in [-0.39, 0.29) is 19.0 Å². The molecule has 1 aliphatic rings. The van der Waals surface area contributed by atoms with Crippen LogP contribution in [-0.2, 0) is 4.79 Å². The van der Waals surface area contributed by atoms with Crippen molar-refractivity contribution >= 4 is 12.0 Å². The monoisotopic (exact) mass is 229 g/mol. The summed E-state index contributed by atoms with van der Waals surface area (Å²) in [6, 6.07) is -0.285. The molecule has 1 unspecified atom stereocenters. The number of amides is 2. The first-order valence-electron chi connectivity index (χ1n) is 5.62. The number of piperidine rings is 1. The number of carboxylic acid groups (broad SMARTS) is 1. The van der Waals surface area contributed by atoms with Gasteiger partial charge in [0.15, 0.2) is 0 Å². The Bertz CT molecular complexity index is 239. The number of carbonyl (C=O) groups is 2. The third-order valence-corrected chi connectivity index (χ3v) is 2.57. The second kappa shape index (κ2) is 7.05. The number of aliphatic carboxylic acids is 1. The summed E-state index contributed by atoms with van der Waals surface area (Å²) in [6.45, 7) is 2.81. The average molecular weight is 229 g/mol. The highest BCUT2D eigenvalue weighted by atomic mass is 16.4. The molecule has 1 fully saturated rings. The van der Waals surface area contributed by atoms with Crippen molar-refractivity contribution in [2.45, 2.75) is 19.3 Å². The second-order valence-electron chi connectivity index (χ2n) is 3.99. The summed E-state index contributed by atoms with van der Waals surface area (Å²) in [5.41, 5.74) is 0. The highest BCUT2D eigenvalue weighted by molar-refractivity contribution is 5.74. The molecular formula is C10H19N3O3. The van der Waals surface area contributed by atoms with Crippen LogP contribution in [0.2, 0.25) is 0 Å². The van der Waals surface area contributed by atoms with E-state index in [1.807, 2.05) is 0 Å². The second-order valence-corrected chi connectivity index (χ2v) is 3.99. The Hall–Kier alpha value is -1.30. The fraction of sp³-hybridized carbons (Fsp3) is 0.800. The molecule has 0 radical (unpaired) electrons. The SMILES string of the molecule is O=C(O)CCNC(=O)NCC1CCCNC1. The topological polar surface area (TPSA) is 90.5 Å². The predicted molar refractivity (Wildman–Crippen MR) is 59.2 cm³/mol. The van der Waals surface area contributed by atoms with Gasteiger partial charge in [0.25, 0.3) is 0 Å². The van der Waals surface area contributed by atoms with Crippen LogP contribution >= 0.6 is 0 Å². The molecule has 0 aromatic heterocycles. The maximum Gasteiger partial charge on any atom is 0.314 e. The summed E-state index contributed by atoms with van der Waals surface area (Å²) in [5.74, 6) is -0.421. The van der Waals surface area contributed by atoms with Crippen LogP contribution in [-0.4, -0.2) is 43.3 Å². The van der Waals surface area contributed by atoms with Crippen molar-refractivity contribution in [3.8, 4) is 0 Å². The van der Waals surface area contributed by atoms with E-state index in [2.05, 4.69) is 16.0 Å². The first kappa shape index (κ1) is 12.8. The lowest BCUT2D eigenvalue weighted by Gasteiger charge is -2.22. The van der Waals surface area contributed by atoms with E-state index in [0.717, 1.165) is 25.9 Å². The van der Waals surface area contributed by atoms with E-state index in [1.165, 1.54) is 0 Å². The molecule has 0 aromatic rings. The van der Waals surface area contributed by atoms with Gasteiger partial charge in [0.1, 0.15) is 0 Å². The molecule has 0 aromatic carbocycles. The molecule has 1 atom stereocenters. The zero-order valence-corrected chi connectivity index (χ0v) is 9.29. The van der Waals surface area contributed by atoms with E-state index in [4.69, 9.17) is 5.11 Å². The number of rotatable bonds is 5. The summed E-state index contributed by atoms with van der Waals surface area (Å²) >= 11 is 0. The van der Waals surface area contributed by atoms with Gasteiger partial charge in [-0.1, -0.05) is 0 Å². The predicted octanol–water partition coefficient (Wildman–Crippen LogP) is -0.240. The van der Waals surface area contributed by atoms with Gasteiger partial charge in [-0.05, 0) is 31.8 Å². The number of hydrogen-bond acceptors (Lipinski definition) is 3. The van der Waals surface area contributed by atoms with Crippen molar-refractivity contribution in [2.75, 3.05) is 26.2 Å². The molecule has 16 heavy (non-hydrogen) atoms. The fourth-order valence-corrected chi connectivity index (χ4v) is 1.68. The molecule has 1 rings (SSSR count). The molecule has 1 saturated heterocycles. The van der Waals surface area contributed by atoms with Crippen LogP contribution in [0, 0.1) is 5.92 Å². The zero-order valence-electron chi connectivity index (χ0n) is 9.29. The van der Waals surface area contributed by atoms with Gasteiger partial charge in [0.05, 0.1) is 6.42 Å². The molecular weight excluding hydrogens is 210 g/mol. The number of carboxylic acids is 1. The van der Waals surface area contributed by atoms with Gasteiger partial charge < -0.3 is 21.1 Å². The highest BCUT2D eigenvalue weighted by Crippen LogP contribution is 2.07. The minimum Gasteiger partial charge on any atom is -0.481 e. The Morgan fingerprint density at radius 1 is 1.38 bits per heavy atom. The number of hydrogen-bond donors (Lipinski definition) is 4. The third kappa shape index (κ3) is 5.55. The fourth-order valence-electron chi connectivity index (χ4n) is 1.68. The number of nitrogens with one attached hydrogen (secondary N) is 3. The number of urea groups is 1. The highest BCUT2D eigenvalue weighted by Gasteiger charge is 2.13. The van der Waals surface area contributed by atoms with Crippen LogP contribution in [0.1, 0.15) is 19.3 Å². The van der Waals surface area contributed by atoms with Crippen LogP contribution in [0.5, 0.6) is 0 Å². The summed E-state index contributed by atoms with van der Waals surface area (Å²) in [7, 11) is 0. The van der Waals surface area contributed by atoms with Crippen LogP contribution in [0.3, 0.4) is 0 Å². The van der Waals surface area contributed by atoms with Gasteiger partial charge in [0, 0.05) is 13.1 Å². The Morgan fingerprint density at radius 2 is 2.19 bits per heavy atom. The van der Waals surface area contributed by atoms with E-state index >= 15 is 0 Å². The molecule has 0 saturated carbocycles. The maximum absolute atomic E-state index is 11.2. The van der Waals surface area contributed by atoms with E-state index in [1.54, 1.807) is 0 Å². The van der Waals surface area contributed by atoms with Crippen molar-refractivity contribution in [1.29, 1.82) is 0 Å². The van der Waals surface area contributed by atoms with Gasteiger partial charge in [-0.25, -0.2) is 4.79 Å². The molecule has 1 heterocycles. The average Bonchev–Trinajstić information content (AvgIpc) is 2.27. The van der Waals surface area contributed by atoms with Gasteiger partial charge in [-0.3, -0.25) is 4.79 Å². The molecule has 92 valence electrons. The molecule has 0 aliphatic carbocycles.